The molecule has 1 rings (SSSR count). The lowest BCUT2D eigenvalue weighted by Crippen LogP contribution is -1.93. The highest BCUT2D eigenvalue weighted by Gasteiger charge is 2.11. The maximum Gasteiger partial charge on any atom is 0.202 e. The van der Waals surface area contributed by atoms with Crippen molar-refractivity contribution >= 4 is 13.1 Å². The summed E-state index contributed by atoms with van der Waals surface area (Å²) < 4.78 is 11.0. The Balaban J connectivity index is 2.90. The van der Waals surface area contributed by atoms with E-state index in [4.69, 9.17) is 10.6 Å². The van der Waals surface area contributed by atoms with Gasteiger partial charge in [0.25, 0.3) is 0 Å². The molecule has 1 aromatic rings. The molecule has 3 nitrogen and oxygen atoms in total. The van der Waals surface area contributed by atoms with Crippen LogP contribution in [0.4, 0.5) is 5.69 Å². The van der Waals surface area contributed by atoms with Gasteiger partial charge in [0.1, 0.15) is 0 Å². The number of para-hydroxylation sites is 1. The standard InChI is InChI=1S/C8H12NO2P/c1-12(10,11)6-7-4-2-3-5-8(7)9/h2-5H,6,9H2,1H3,(H,10,11). The molecule has 0 aliphatic heterocycles. The van der Waals surface area contributed by atoms with Crippen LogP contribution in [-0.4, -0.2) is 11.6 Å². The van der Waals surface area contributed by atoms with Crippen LogP contribution in [0.15, 0.2) is 24.3 Å². The predicted octanol–water partition coefficient (Wildman–Crippen LogP) is 1.67. The molecule has 0 saturated carbocycles. The van der Waals surface area contributed by atoms with Gasteiger partial charge in [-0.25, -0.2) is 0 Å². The zero-order valence-electron chi connectivity index (χ0n) is 6.90. The van der Waals surface area contributed by atoms with Gasteiger partial charge in [-0.3, -0.25) is 4.57 Å². The first-order valence-electron chi connectivity index (χ1n) is 3.62. The van der Waals surface area contributed by atoms with Crippen molar-refractivity contribution in [1.82, 2.24) is 0 Å². The van der Waals surface area contributed by atoms with E-state index in [0.29, 0.717) is 5.69 Å². The smallest absolute Gasteiger partial charge is 0.202 e. The lowest BCUT2D eigenvalue weighted by molar-refractivity contribution is 0.484. The molecule has 0 amide bonds. The minimum atomic E-state index is -2.99. The molecule has 0 aliphatic carbocycles. The quantitative estimate of drug-likeness (QED) is 0.544. The molecule has 0 bridgehead atoms. The molecule has 0 radical (unpaired) electrons. The second-order valence-corrected chi connectivity index (χ2v) is 5.33. The normalized spacial score (nSPS) is 15.5. The second-order valence-electron chi connectivity index (χ2n) is 2.91. The summed E-state index contributed by atoms with van der Waals surface area (Å²) in [5, 5.41) is 0. The lowest BCUT2D eigenvalue weighted by atomic mass is 10.2. The molecule has 0 fully saturated rings. The topological polar surface area (TPSA) is 63.3 Å². The number of nitrogen functional groups attached to an aromatic ring is 1. The summed E-state index contributed by atoms with van der Waals surface area (Å²) in [4.78, 5) is 9.10. The molecular formula is C8H12NO2P. The Morgan fingerprint density at radius 2 is 2.08 bits per heavy atom. The first-order valence-corrected chi connectivity index (χ1v) is 5.91. The molecule has 0 aliphatic rings. The summed E-state index contributed by atoms with van der Waals surface area (Å²) in [5.41, 5.74) is 6.91. The second kappa shape index (κ2) is 3.30. The van der Waals surface area contributed by atoms with Crippen LogP contribution in [0, 0.1) is 0 Å². The Hall–Kier alpha value is -0.790. The van der Waals surface area contributed by atoms with Gasteiger partial charge in [-0.05, 0) is 11.6 Å². The minimum Gasteiger partial charge on any atom is -0.398 e. The molecule has 0 heterocycles. The number of benzene rings is 1. The first-order chi connectivity index (χ1) is 5.49. The monoisotopic (exact) mass is 185 g/mol. The van der Waals surface area contributed by atoms with Crippen LogP contribution >= 0.6 is 7.37 Å². The summed E-state index contributed by atoms with van der Waals surface area (Å²) in [7, 11) is -2.99. The van der Waals surface area contributed by atoms with E-state index in [1.807, 2.05) is 0 Å². The highest BCUT2D eigenvalue weighted by Crippen LogP contribution is 2.40. The molecule has 3 N–H and O–H groups in total. The van der Waals surface area contributed by atoms with Crippen molar-refractivity contribution < 1.29 is 9.46 Å². The number of hydrogen-bond donors (Lipinski definition) is 2. The van der Waals surface area contributed by atoms with E-state index in [0.717, 1.165) is 5.56 Å². The zero-order valence-corrected chi connectivity index (χ0v) is 7.79. The van der Waals surface area contributed by atoms with Crippen LogP contribution in [0.3, 0.4) is 0 Å². The molecule has 0 saturated heterocycles. The van der Waals surface area contributed by atoms with Crippen LogP contribution in [0.1, 0.15) is 5.56 Å². The Bertz CT molecular complexity index is 319. The summed E-state index contributed by atoms with van der Waals surface area (Å²) in [6.45, 7) is 1.33. The van der Waals surface area contributed by atoms with Gasteiger partial charge >= 0.3 is 0 Å². The third-order valence-corrected chi connectivity index (χ3v) is 2.45. The maximum atomic E-state index is 11.0. The SMILES string of the molecule is CP(=O)(O)Cc1ccccc1N. The average molecular weight is 185 g/mol. The Kier molecular flexibility index (Phi) is 2.55. The Labute approximate surface area is 71.7 Å². The Morgan fingerprint density at radius 1 is 1.50 bits per heavy atom. The maximum absolute atomic E-state index is 11.0. The van der Waals surface area contributed by atoms with Crippen LogP contribution < -0.4 is 5.73 Å². The molecule has 1 aromatic carbocycles. The number of anilines is 1. The fourth-order valence-corrected chi connectivity index (χ4v) is 1.91. The van der Waals surface area contributed by atoms with Crippen molar-refractivity contribution in [2.45, 2.75) is 6.16 Å². The van der Waals surface area contributed by atoms with Gasteiger partial charge in [-0.1, -0.05) is 18.2 Å². The third kappa shape index (κ3) is 2.68. The third-order valence-electron chi connectivity index (χ3n) is 1.52. The average Bonchev–Trinajstić information content (AvgIpc) is 1.91. The molecule has 1 atom stereocenters. The van der Waals surface area contributed by atoms with Crippen LogP contribution in [0.5, 0.6) is 0 Å². The van der Waals surface area contributed by atoms with Crippen molar-refractivity contribution in [2.24, 2.45) is 0 Å². The number of rotatable bonds is 2. The summed E-state index contributed by atoms with van der Waals surface area (Å²) >= 11 is 0. The van der Waals surface area contributed by atoms with E-state index in [-0.39, 0.29) is 6.16 Å². The lowest BCUT2D eigenvalue weighted by Gasteiger charge is -2.07. The molecule has 4 heteroatoms. The molecule has 0 spiro atoms. The van der Waals surface area contributed by atoms with Gasteiger partial charge in [0.15, 0.2) is 0 Å². The number of nitrogens with two attached hydrogens (primary N) is 1. The van der Waals surface area contributed by atoms with Crippen molar-refractivity contribution in [3.05, 3.63) is 29.8 Å². The van der Waals surface area contributed by atoms with Gasteiger partial charge in [0, 0.05) is 12.4 Å². The zero-order chi connectivity index (χ0) is 9.19. The van der Waals surface area contributed by atoms with E-state index in [9.17, 15) is 4.57 Å². The van der Waals surface area contributed by atoms with Gasteiger partial charge in [-0.2, -0.15) is 0 Å². The van der Waals surface area contributed by atoms with Gasteiger partial charge in [0.05, 0.1) is 6.16 Å². The molecule has 0 aromatic heterocycles. The van der Waals surface area contributed by atoms with Gasteiger partial charge in [0.2, 0.25) is 7.37 Å². The number of hydrogen-bond acceptors (Lipinski definition) is 2. The summed E-state index contributed by atoms with van der Waals surface area (Å²) in [6.07, 6.45) is 0.152. The van der Waals surface area contributed by atoms with E-state index < -0.39 is 7.37 Å². The van der Waals surface area contributed by atoms with E-state index in [2.05, 4.69) is 0 Å². The largest absolute Gasteiger partial charge is 0.398 e. The van der Waals surface area contributed by atoms with Gasteiger partial charge < -0.3 is 10.6 Å². The highest BCUT2D eigenvalue weighted by molar-refractivity contribution is 7.56. The fraction of sp³-hybridized carbons (Fsp3) is 0.250. The fourth-order valence-electron chi connectivity index (χ4n) is 0.994. The molecular weight excluding hydrogens is 173 g/mol. The predicted molar refractivity (Wildman–Crippen MR) is 50.3 cm³/mol. The van der Waals surface area contributed by atoms with Crippen LogP contribution in [0.2, 0.25) is 0 Å². The van der Waals surface area contributed by atoms with Crippen LogP contribution in [-0.2, 0) is 10.7 Å². The van der Waals surface area contributed by atoms with Crippen molar-refractivity contribution in [2.75, 3.05) is 12.4 Å². The van der Waals surface area contributed by atoms with Gasteiger partial charge in [-0.15, -0.1) is 0 Å². The van der Waals surface area contributed by atoms with E-state index in [1.165, 1.54) is 6.66 Å². The molecule has 1 unspecified atom stereocenters. The summed E-state index contributed by atoms with van der Waals surface area (Å²) in [6, 6.07) is 7.10. The molecule has 66 valence electrons. The first kappa shape index (κ1) is 9.30. The highest BCUT2D eigenvalue weighted by atomic mass is 31.2. The summed E-state index contributed by atoms with van der Waals surface area (Å²) in [5.74, 6) is 0. The Morgan fingerprint density at radius 3 is 2.58 bits per heavy atom. The van der Waals surface area contributed by atoms with Crippen molar-refractivity contribution in [3.63, 3.8) is 0 Å². The molecule has 12 heavy (non-hydrogen) atoms. The van der Waals surface area contributed by atoms with E-state index >= 15 is 0 Å². The van der Waals surface area contributed by atoms with Crippen LogP contribution in [0.25, 0.3) is 0 Å². The van der Waals surface area contributed by atoms with Crippen molar-refractivity contribution in [1.29, 1.82) is 0 Å². The van der Waals surface area contributed by atoms with E-state index in [1.54, 1.807) is 24.3 Å². The van der Waals surface area contributed by atoms with Crippen molar-refractivity contribution in [3.8, 4) is 0 Å². The minimum absolute atomic E-state index is 0.152.